The monoisotopic (exact) mass is 209 g/mol. The van der Waals surface area contributed by atoms with Crippen LogP contribution in [0.4, 0.5) is 0 Å². The third-order valence-electron chi connectivity index (χ3n) is 2.12. The number of benzene rings is 1. The van der Waals surface area contributed by atoms with Gasteiger partial charge in [0.2, 0.25) is 0 Å². The zero-order valence-electron chi connectivity index (χ0n) is 8.63. The van der Waals surface area contributed by atoms with Gasteiger partial charge in [0, 0.05) is 11.6 Å². The van der Waals surface area contributed by atoms with E-state index in [-0.39, 0.29) is 0 Å². The molecule has 1 nitrogen and oxygen atoms in total. The summed E-state index contributed by atoms with van der Waals surface area (Å²) in [4.78, 5) is 0. The molecule has 1 rings (SSSR count). The molecule has 0 aromatic heterocycles. The van der Waals surface area contributed by atoms with Crippen LogP contribution in [0.15, 0.2) is 30.3 Å². The molecule has 0 aliphatic rings. The standard InChI is InChI=1S/C12H16ClN/c1-9(2)12(6-7-14)10-4-3-5-11(13)8-10/h3-6,8-9H,7,14H2,1-2H3/b12-6-. The maximum absolute atomic E-state index is 5.94. The largest absolute Gasteiger partial charge is 0.327 e. The molecule has 0 saturated carbocycles. The Morgan fingerprint density at radius 3 is 2.71 bits per heavy atom. The molecule has 0 aliphatic heterocycles. The Kier molecular flexibility index (Phi) is 4.18. The zero-order valence-corrected chi connectivity index (χ0v) is 9.38. The minimum atomic E-state index is 0.469. The molecule has 0 heterocycles. The first kappa shape index (κ1) is 11.3. The molecule has 76 valence electrons. The molecule has 1 aromatic carbocycles. The first-order valence-electron chi connectivity index (χ1n) is 4.81. The molecule has 2 N–H and O–H groups in total. The van der Waals surface area contributed by atoms with Crippen molar-refractivity contribution in [3.05, 3.63) is 40.9 Å². The first-order valence-corrected chi connectivity index (χ1v) is 5.19. The fraction of sp³-hybridized carbons (Fsp3) is 0.333. The van der Waals surface area contributed by atoms with Crippen molar-refractivity contribution in [1.82, 2.24) is 0 Å². The van der Waals surface area contributed by atoms with E-state index in [0.717, 1.165) is 10.6 Å². The fourth-order valence-corrected chi connectivity index (χ4v) is 1.67. The van der Waals surface area contributed by atoms with Crippen LogP contribution in [0, 0.1) is 5.92 Å². The molecule has 0 saturated heterocycles. The van der Waals surface area contributed by atoms with Crippen LogP contribution in [-0.2, 0) is 0 Å². The summed E-state index contributed by atoms with van der Waals surface area (Å²) in [6.45, 7) is 4.88. The molecule has 0 atom stereocenters. The molecular weight excluding hydrogens is 194 g/mol. The highest BCUT2D eigenvalue weighted by atomic mass is 35.5. The quantitative estimate of drug-likeness (QED) is 0.812. The predicted octanol–water partition coefficient (Wildman–Crippen LogP) is 3.34. The van der Waals surface area contributed by atoms with Gasteiger partial charge in [-0.1, -0.05) is 43.7 Å². The van der Waals surface area contributed by atoms with E-state index in [1.807, 2.05) is 18.2 Å². The number of allylic oxidation sites excluding steroid dienone is 1. The molecular formula is C12H16ClN. The molecule has 0 spiro atoms. The van der Waals surface area contributed by atoms with Gasteiger partial charge in [-0.05, 0) is 29.2 Å². The van der Waals surface area contributed by atoms with Crippen molar-refractivity contribution in [2.75, 3.05) is 6.54 Å². The van der Waals surface area contributed by atoms with Crippen LogP contribution in [0.2, 0.25) is 5.02 Å². The summed E-state index contributed by atoms with van der Waals surface area (Å²) in [6, 6.07) is 7.88. The number of hydrogen-bond donors (Lipinski definition) is 1. The minimum Gasteiger partial charge on any atom is -0.327 e. The van der Waals surface area contributed by atoms with Gasteiger partial charge in [0.25, 0.3) is 0 Å². The lowest BCUT2D eigenvalue weighted by Gasteiger charge is -2.11. The summed E-state index contributed by atoms with van der Waals surface area (Å²) in [5.74, 6) is 0.469. The second-order valence-corrected chi connectivity index (χ2v) is 4.00. The molecule has 0 fully saturated rings. The van der Waals surface area contributed by atoms with E-state index in [1.165, 1.54) is 5.57 Å². The average molecular weight is 210 g/mol. The lowest BCUT2D eigenvalue weighted by atomic mass is 9.95. The van der Waals surface area contributed by atoms with Crippen LogP contribution >= 0.6 is 11.6 Å². The van der Waals surface area contributed by atoms with Crippen molar-refractivity contribution in [2.24, 2.45) is 11.7 Å². The van der Waals surface area contributed by atoms with E-state index < -0.39 is 0 Å². The van der Waals surface area contributed by atoms with Crippen LogP contribution in [0.1, 0.15) is 19.4 Å². The minimum absolute atomic E-state index is 0.469. The highest BCUT2D eigenvalue weighted by molar-refractivity contribution is 6.30. The van der Waals surface area contributed by atoms with Crippen molar-refractivity contribution in [3.8, 4) is 0 Å². The van der Waals surface area contributed by atoms with E-state index in [4.69, 9.17) is 17.3 Å². The van der Waals surface area contributed by atoms with Crippen molar-refractivity contribution < 1.29 is 0 Å². The summed E-state index contributed by atoms with van der Waals surface area (Å²) in [5.41, 5.74) is 7.96. The first-order chi connectivity index (χ1) is 6.65. The summed E-state index contributed by atoms with van der Waals surface area (Å²) in [7, 11) is 0. The highest BCUT2D eigenvalue weighted by Crippen LogP contribution is 2.24. The fourth-order valence-electron chi connectivity index (χ4n) is 1.48. The van der Waals surface area contributed by atoms with Gasteiger partial charge >= 0.3 is 0 Å². The molecule has 0 unspecified atom stereocenters. The Labute approximate surface area is 90.6 Å². The third-order valence-corrected chi connectivity index (χ3v) is 2.35. The second kappa shape index (κ2) is 5.18. The summed E-state index contributed by atoms with van der Waals surface area (Å²) >= 11 is 5.94. The maximum atomic E-state index is 5.94. The van der Waals surface area contributed by atoms with Crippen molar-refractivity contribution in [3.63, 3.8) is 0 Å². The van der Waals surface area contributed by atoms with Gasteiger partial charge in [-0.2, -0.15) is 0 Å². The van der Waals surface area contributed by atoms with Gasteiger partial charge in [0.05, 0.1) is 0 Å². The van der Waals surface area contributed by atoms with E-state index in [2.05, 4.69) is 26.0 Å². The van der Waals surface area contributed by atoms with E-state index in [1.54, 1.807) is 0 Å². The molecule has 2 heteroatoms. The highest BCUT2D eigenvalue weighted by Gasteiger charge is 2.05. The molecule has 14 heavy (non-hydrogen) atoms. The molecule has 0 amide bonds. The van der Waals surface area contributed by atoms with Crippen LogP contribution in [-0.4, -0.2) is 6.54 Å². The van der Waals surface area contributed by atoms with E-state index in [0.29, 0.717) is 12.5 Å². The number of rotatable bonds is 3. The van der Waals surface area contributed by atoms with Crippen LogP contribution < -0.4 is 5.73 Å². The Morgan fingerprint density at radius 2 is 2.21 bits per heavy atom. The summed E-state index contributed by atoms with van der Waals surface area (Å²) < 4.78 is 0. The van der Waals surface area contributed by atoms with Gasteiger partial charge in [-0.3, -0.25) is 0 Å². The van der Waals surface area contributed by atoms with Crippen LogP contribution in [0.5, 0.6) is 0 Å². The lowest BCUT2D eigenvalue weighted by Crippen LogP contribution is -2.00. The van der Waals surface area contributed by atoms with E-state index >= 15 is 0 Å². The number of hydrogen-bond acceptors (Lipinski definition) is 1. The van der Waals surface area contributed by atoms with Gasteiger partial charge < -0.3 is 5.73 Å². The predicted molar refractivity (Wildman–Crippen MR) is 63.3 cm³/mol. The second-order valence-electron chi connectivity index (χ2n) is 3.56. The summed E-state index contributed by atoms with van der Waals surface area (Å²) in [6.07, 6.45) is 2.05. The Morgan fingerprint density at radius 1 is 1.50 bits per heavy atom. The Bertz CT molecular complexity index is 329. The molecule has 0 bridgehead atoms. The third kappa shape index (κ3) is 2.86. The maximum Gasteiger partial charge on any atom is 0.0412 e. The van der Waals surface area contributed by atoms with Gasteiger partial charge in [-0.15, -0.1) is 0 Å². The molecule has 0 aliphatic carbocycles. The van der Waals surface area contributed by atoms with Gasteiger partial charge in [0.15, 0.2) is 0 Å². The average Bonchev–Trinajstić information content (AvgIpc) is 2.13. The van der Waals surface area contributed by atoms with Crippen LogP contribution in [0.3, 0.4) is 0 Å². The normalized spacial score (nSPS) is 12.2. The number of nitrogens with two attached hydrogens (primary N) is 1. The zero-order chi connectivity index (χ0) is 10.6. The summed E-state index contributed by atoms with van der Waals surface area (Å²) in [5, 5.41) is 0.770. The number of halogens is 1. The van der Waals surface area contributed by atoms with Crippen molar-refractivity contribution in [1.29, 1.82) is 0 Å². The topological polar surface area (TPSA) is 26.0 Å². The van der Waals surface area contributed by atoms with Crippen molar-refractivity contribution in [2.45, 2.75) is 13.8 Å². The molecule has 0 radical (unpaired) electrons. The van der Waals surface area contributed by atoms with Gasteiger partial charge in [0.1, 0.15) is 0 Å². The van der Waals surface area contributed by atoms with E-state index in [9.17, 15) is 0 Å². The van der Waals surface area contributed by atoms with Gasteiger partial charge in [-0.25, -0.2) is 0 Å². The molecule has 1 aromatic rings. The smallest absolute Gasteiger partial charge is 0.0412 e. The SMILES string of the molecule is CC(C)/C(=C/CN)c1cccc(Cl)c1. The lowest BCUT2D eigenvalue weighted by molar-refractivity contribution is 0.852. The van der Waals surface area contributed by atoms with Crippen LogP contribution in [0.25, 0.3) is 5.57 Å². The Hall–Kier alpha value is -0.790. The van der Waals surface area contributed by atoms with Crippen molar-refractivity contribution >= 4 is 17.2 Å². The Balaban J connectivity index is 3.06.